The number of fused-ring (bicyclic) bond motifs is 1. The Morgan fingerprint density at radius 1 is 1.14 bits per heavy atom. The van der Waals surface area contributed by atoms with E-state index in [9.17, 15) is 14.4 Å². The van der Waals surface area contributed by atoms with E-state index in [1.54, 1.807) is 4.90 Å². The van der Waals surface area contributed by atoms with E-state index in [4.69, 9.17) is 9.47 Å². The highest BCUT2D eigenvalue weighted by Gasteiger charge is 2.56. The molecule has 0 spiro atoms. The Morgan fingerprint density at radius 3 is 2.49 bits per heavy atom. The molecule has 35 heavy (non-hydrogen) atoms. The van der Waals surface area contributed by atoms with Crippen molar-refractivity contribution in [2.75, 3.05) is 39.9 Å². The molecule has 0 radical (unpaired) electrons. The van der Waals surface area contributed by atoms with Crippen LogP contribution in [0.1, 0.15) is 67.3 Å². The summed E-state index contributed by atoms with van der Waals surface area (Å²) in [6.07, 6.45) is 4.39. The molecule has 0 bridgehead atoms. The zero-order chi connectivity index (χ0) is 24.6. The lowest BCUT2D eigenvalue weighted by Gasteiger charge is -2.35. The van der Waals surface area contributed by atoms with Crippen LogP contribution in [0.4, 0.5) is 0 Å². The van der Waals surface area contributed by atoms with E-state index in [0.717, 1.165) is 38.8 Å². The predicted octanol–water partition coefficient (Wildman–Crippen LogP) is 2.12. The molecule has 3 heterocycles. The Hall–Kier alpha value is -2.29. The van der Waals surface area contributed by atoms with Crippen LogP contribution < -0.4 is 5.32 Å². The van der Waals surface area contributed by atoms with E-state index in [1.165, 1.54) is 5.56 Å². The van der Waals surface area contributed by atoms with E-state index in [0.29, 0.717) is 37.5 Å². The number of nitrogens with zero attached hydrogens (tertiary/aromatic N) is 2. The fraction of sp³-hybridized carbons (Fsp3) is 0.667. The summed E-state index contributed by atoms with van der Waals surface area (Å²) in [5, 5.41) is 3.10. The van der Waals surface area contributed by atoms with E-state index < -0.39 is 17.7 Å². The molecule has 1 saturated carbocycles. The van der Waals surface area contributed by atoms with Crippen LogP contribution in [-0.2, 0) is 19.1 Å². The van der Waals surface area contributed by atoms with Crippen LogP contribution in [0.5, 0.6) is 0 Å². The highest BCUT2D eigenvalue weighted by molar-refractivity contribution is 6.01. The molecule has 1 aromatic carbocycles. The van der Waals surface area contributed by atoms with Gasteiger partial charge in [0.15, 0.2) is 5.78 Å². The number of rotatable bonds is 6. The number of ketones is 1. The standard InChI is InChI=1S/C27H37N3O5/c1-3-34-22-16-30(23-21(31)17-35-24(22)23)26(33)27(12-4-5-13-27)28-25(32)20-8-6-18(7-9-20)19-10-14-29(2)15-11-19/h6-9,19,22-24H,3-5,10-17H2,1-2H3,(H,28,32)/t22-,23+,24+/m0/s1. The van der Waals surface area contributed by atoms with Crippen LogP contribution in [0, 0.1) is 0 Å². The molecule has 1 aromatic rings. The summed E-state index contributed by atoms with van der Waals surface area (Å²) in [7, 11) is 2.15. The maximum absolute atomic E-state index is 13.9. The van der Waals surface area contributed by atoms with Crippen LogP contribution in [0.2, 0.25) is 0 Å². The van der Waals surface area contributed by atoms with Crippen molar-refractivity contribution in [1.29, 1.82) is 0 Å². The number of carbonyl (C=O) groups excluding carboxylic acids is 3. The molecule has 2 amide bonds. The van der Waals surface area contributed by atoms with Crippen molar-refractivity contribution in [1.82, 2.24) is 15.1 Å². The third-order valence-electron chi connectivity index (χ3n) is 8.36. The Morgan fingerprint density at radius 2 is 1.83 bits per heavy atom. The maximum atomic E-state index is 13.9. The minimum Gasteiger partial charge on any atom is -0.374 e. The predicted molar refractivity (Wildman–Crippen MR) is 130 cm³/mol. The first-order valence-electron chi connectivity index (χ1n) is 13.1. The van der Waals surface area contributed by atoms with Gasteiger partial charge in [0.2, 0.25) is 5.91 Å². The molecule has 3 aliphatic heterocycles. The average molecular weight is 484 g/mol. The van der Waals surface area contributed by atoms with E-state index in [2.05, 4.69) is 29.4 Å². The van der Waals surface area contributed by atoms with E-state index in [1.807, 2.05) is 19.1 Å². The number of benzene rings is 1. The monoisotopic (exact) mass is 483 g/mol. The summed E-state index contributed by atoms with van der Waals surface area (Å²) in [6, 6.07) is 7.24. The van der Waals surface area contributed by atoms with Crippen LogP contribution >= 0.6 is 0 Å². The number of piperidine rings is 1. The number of likely N-dealkylation sites (tertiary alicyclic amines) is 2. The van der Waals surface area contributed by atoms with Gasteiger partial charge in [-0.2, -0.15) is 0 Å². The second-order valence-electron chi connectivity index (χ2n) is 10.6. The number of ether oxygens (including phenoxy) is 2. The molecule has 1 N–H and O–H groups in total. The van der Waals surface area contributed by atoms with E-state index in [-0.39, 0.29) is 30.3 Å². The highest BCUT2D eigenvalue weighted by atomic mass is 16.6. The second kappa shape index (κ2) is 9.99. The quantitative estimate of drug-likeness (QED) is 0.667. The van der Waals surface area contributed by atoms with Crippen molar-refractivity contribution < 1.29 is 23.9 Å². The topological polar surface area (TPSA) is 88.2 Å². The summed E-state index contributed by atoms with van der Waals surface area (Å²) in [6.45, 7) is 4.89. The first-order valence-corrected chi connectivity index (χ1v) is 13.1. The summed E-state index contributed by atoms with van der Waals surface area (Å²) in [5.41, 5.74) is 0.844. The highest BCUT2D eigenvalue weighted by Crippen LogP contribution is 2.37. The third-order valence-corrected chi connectivity index (χ3v) is 8.36. The molecule has 0 unspecified atom stereocenters. The average Bonchev–Trinajstić information content (AvgIpc) is 3.58. The molecule has 4 aliphatic rings. The fourth-order valence-corrected chi connectivity index (χ4v) is 6.37. The molecule has 4 fully saturated rings. The first-order chi connectivity index (χ1) is 16.9. The third kappa shape index (κ3) is 4.63. The summed E-state index contributed by atoms with van der Waals surface area (Å²) < 4.78 is 11.5. The van der Waals surface area contributed by atoms with Crippen molar-refractivity contribution in [2.24, 2.45) is 0 Å². The molecule has 190 valence electrons. The first kappa shape index (κ1) is 24.4. The van der Waals surface area contributed by atoms with Gasteiger partial charge in [-0.25, -0.2) is 0 Å². The SMILES string of the molecule is CCO[C@H]1CN(C(=O)C2(NC(=O)c3ccc(C4CCN(C)CC4)cc3)CCCC2)[C@@H]2C(=O)CO[C@H]12. The molecule has 1 aliphatic carbocycles. The molecule has 3 atom stereocenters. The minimum absolute atomic E-state index is 0.00563. The number of amides is 2. The van der Waals surface area contributed by atoms with Gasteiger partial charge in [0.05, 0.1) is 6.54 Å². The van der Waals surface area contributed by atoms with Crippen LogP contribution in [0.3, 0.4) is 0 Å². The van der Waals surface area contributed by atoms with Gasteiger partial charge in [0.25, 0.3) is 5.91 Å². The normalized spacial score (nSPS) is 28.9. The second-order valence-corrected chi connectivity index (χ2v) is 10.6. The van der Waals surface area contributed by atoms with Crippen LogP contribution in [0.15, 0.2) is 24.3 Å². The van der Waals surface area contributed by atoms with Gasteiger partial charge in [0, 0.05) is 12.2 Å². The Balaban J connectivity index is 1.31. The molecular formula is C27H37N3O5. The Kier molecular flexibility index (Phi) is 6.97. The van der Waals surface area contributed by atoms with Gasteiger partial charge < -0.3 is 24.6 Å². The molecular weight excluding hydrogens is 446 g/mol. The van der Waals surface area contributed by atoms with Gasteiger partial charge in [-0.3, -0.25) is 14.4 Å². The summed E-state index contributed by atoms with van der Waals surface area (Å²) >= 11 is 0. The molecule has 5 rings (SSSR count). The minimum atomic E-state index is -0.988. The summed E-state index contributed by atoms with van der Waals surface area (Å²) in [5.74, 6) is 0.0248. The largest absolute Gasteiger partial charge is 0.374 e. The lowest BCUT2D eigenvalue weighted by Crippen LogP contribution is -2.60. The Bertz CT molecular complexity index is 950. The van der Waals surface area contributed by atoms with E-state index >= 15 is 0 Å². The Labute approximate surface area is 207 Å². The zero-order valence-electron chi connectivity index (χ0n) is 20.8. The smallest absolute Gasteiger partial charge is 0.252 e. The molecule has 8 heteroatoms. The number of hydrogen-bond donors (Lipinski definition) is 1. The van der Waals surface area contributed by atoms with Crippen molar-refractivity contribution in [3.8, 4) is 0 Å². The van der Waals surface area contributed by atoms with Gasteiger partial charge in [-0.05, 0) is 76.4 Å². The molecule has 8 nitrogen and oxygen atoms in total. The van der Waals surface area contributed by atoms with Gasteiger partial charge in [0.1, 0.15) is 30.4 Å². The van der Waals surface area contributed by atoms with Gasteiger partial charge in [-0.15, -0.1) is 0 Å². The van der Waals surface area contributed by atoms with Crippen molar-refractivity contribution >= 4 is 17.6 Å². The van der Waals surface area contributed by atoms with Crippen molar-refractivity contribution in [3.05, 3.63) is 35.4 Å². The lowest BCUT2D eigenvalue weighted by molar-refractivity contribution is -0.142. The fourth-order valence-electron chi connectivity index (χ4n) is 6.37. The zero-order valence-corrected chi connectivity index (χ0v) is 20.8. The molecule has 0 aromatic heterocycles. The van der Waals surface area contributed by atoms with Gasteiger partial charge in [-0.1, -0.05) is 25.0 Å². The van der Waals surface area contributed by atoms with Gasteiger partial charge >= 0.3 is 0 Å². The van der Waals surface area contributed by atoms with Crippen molar-refractivity contribution in [2.45, 2.75) is 75.2 Å². The lowest BCUT2D eigenvalue weighted by atomic mass is 9.89. The summed E-state index contributed by atoms with van der Waals surface area (Å²) in [4.78, 5) is 43.8. The number of nitrogens with one attached hydrogen (secondary N) is 1. The molecule has 3 saturated heterocycles. The van der Waals surface area contributed by atoms with Crippen molar-refractivity contribution in [3.63, 3.8) is 0 Å². The maximum Gasteiger partial charge on any atom is 0.252 e. The number of carbonyl (C=O) groups is 3. The number of Topliss-reactive ketones (excluding diaryl/α,β-unsaturated/α-hetero) is 1. The van der Waals surface area contributed by atoms with Crippen LogP contribution in [-0.4, -0.2) is 91.1 Å². The van der Waals surface area contributed by atoms with Crippen LogP contribution in [0.25, 0.3) is 0 Å². The number of hydrogen-bond acceptors (Lipinski definition) is 6.